The number of thiazole rings is 1. The lowest BCUT2D eigenvalue weighted by Crippen LogP contribution is -2.40. The van der Waals surface area contributed by atoms with Crippen molar-refractivity contribution in [1.29, 1.82) is 0 Å². The predicted molar refractivity (Wildman–Crippen MR) is 114 cm³/mol. The molecule has 3 aromatic rings. The molecular formula is C21H23ClN4O2S. The van der Waals surface area contributed by atoms with Crippen molar-refractivity contribution in [2.24, 2.45) is 0 Å². The molecule has 1 amide bonds. The molecule has 3 heterocycles. The van der Waals surface area contributed by atoms with Gasteiger partial charge in [-0.25, -0.2) is 9.67 Å². The van der Waals surface area contributed by atoms with Gasteiger partial charge in [0.15, 0.2) is 0 Å². The zero-order valence-corrected chi connectivity index (χ0v) is 18.3. The number of halogens is 1. The Kier molecular flexibility index (Phi) is 5.72. The molecule has 1 fully saturated rings. The van der Waals surface area contributed by atoms with Crippen molar-refractivity contribution in [3.05, 3.63) is 62.4 Å². The van der Waals surface area contributed by atoms with Gasteiger partial charge in [0, 0.05) is 35.8 Å². The number of hydrogen-bond donors (Lipinski definition) is 0. The molecule has 0 unspecified atom stereocenters. The number of aromatic nitrogens is 3. The zero-order valence-electron chi connectivity index (χ0n) is 16.7. The highest BCUT2D eigenvalue weighted by Crippen LogP contribution is 2.27. The van der Waals surface area contributed by atoms with Crippen LogP contribution in [-0.4, -0.2) is 51.9 Å². The first-order valence-electron chi connectivity index (χ1n) is 9.58. The molecule has 1 aromatic carbocycles. The van der Waals surface area contributed by atoms with Gasteiger partial charge in [-0.3, -0.25) is 4.79 Å². The van der Waals surface area contributed by atoms with E-state index < -0.39 is 0 Å². The third-order valence-corrected chi connectivity index (χ3v) is 6.57. The van der Waals surface area contributed by atoms with Gasteiger partial charge in [-0.2, -0.15) is 5.10 Å². The van der Waals surface area contributed by atoms with Gasteiger partial charge >= 0.3 is 0 Å². The molecule has 4 rings (SSSR count). The highest BCUT2D eigenvalue weighted by molar-refractivity contribution is 7.16. The smallest absolute Gasteiger partial charge is 0.266 e. The molecule has 8 heteroatoms. The third kappa shape index (κ3) is 4.08. The summed E-state index contributed by atoms with van der Waals surface area (Å²) < 4.78 is 7.21. The number of aryl methyl sites for hydroxylation is 2. The van der Waals surface area contributed by atoms with E-state index in [4.69, 9.17) is 21.4 Å². The molecule has 0 bridgehead atoms. The maximum atomic E-state index is 12.9. The van der Waals surface area contributed by atoms with Crippen molar-refractivity contribution < 1.29 is 9.53 Å². The Balaban J connectivity index is 1.62. The second-order valence-corrected chi connectivity index (χ2v) is 8.59. The summed E-state index contributed by atoms with van der Waals surface area (Å²) in [4.78, 5) is 20.1. The minimum absolute atomic E-state index is 0.0254. The summed E-state index contributed by atoms with van der Waals surface area (Å²) in [6.07, 6.45) is 0.777. The fourth-order valence-corrected chi connectivity index (χ4v) is 4.67. The molecular weight excluding hydrogens is 408 g/mol. The number of ether oxygens (including phenoxy) is 1. The minimum Gasteiger partial charge on any atom is -0.378 e. The van der Waals surface area contributed by atoms with Gasteiger partial charge in [-0.15, -0.1) is 0 Å². The van der Waals surface area contributed by atoms with E-state index in [9.17, 15) is 4.79 Å². The van der Waals surface area contributed by atoms with Crippen LogP contribution in [0.15, 0.2) is 24.3 Å². The highest BCUT2D eigenvalue weighted by Gasteiger charge is 2.25. The monoisotopic (exact) mass is 430 g/mol. The van der Waals surface area contributed by atoms with Crippen LogP contribution in [0.4, 0.5) is 0 Å². The van der Waals surface area contributed by atoms with Gasteiger partial charge in [-0.1, -0.05) is 35.1 Å². The zero-order chi connectivity index (χ0) is 20.5. The van der Waals surface area contributed by atoms with Crippen LogP contribution >= 0.6 is 22.9 Å². The molecule has 0 spiro atoms. The van der Waals surface area contributed by atoms with E-state index in [1.54, 1.807) is 0 Å². The Labute approximate surface area is 179 Å². The number of amides is 1. The fourth-order valence-electron chi connectivity index (χ4n) is 3.50. The number of morpholine rings is 1. The van der Waals surface area contributed by atoms with Crippen molar-refractivity contribution in [1.82, 2.24) is 19.7 Å². The van der Waals surface area contributed by atoms with Crippen LogP contribution in [0.3, 0.4) is 0 Å². The summed E-state index contributed by atoms with van der Waals surface area (Å²) in [6.45, 7) is 8.35. The normalized spacial score (nSPS) is 14.4. The lowest BCUT2D eigenvalue weighted by Gasteiger charge is -2.26. The predicted octanol–water partition coefficient (Wildman–Crippen LogP) is 3.97. The lowest BCUT2D eigenvalue weighted by molar-refractivity contribution is 0.0305. The molecule has 0 aliphatic carbocycles. The van der Waals surface area contributed by atoms with Crippen LogP contribution in [-0.2, 0) is 11.2 Å². The summed E-state index contributed by atoms with van der Waals surface area (Å²) in [5.41, 5.74) is 5.09. The van der Waals surface area contributed by atoms with Crippen LogP contribution in [0, 0.1) is 20.8 Å². The Bertz CT molecular complexity index is 1040. The summed E-state index contributed by atoms with van der Waals surface area (Å²) in [6, 6.07) is 7.87. The number of carbonyl (C=O) groups is 1. The number of benzene rings is 1. The van der Waals surface area contributed by atoms with Crippen LogP contribution in [0.1, 0.15) is 37.9 Å². The van der Waals surface area contributed by atoms with Crippen molar-refractivity contribution in [2.75, 3.05) is 26.3 Å². The molecule has 0 radical (unpaired) electrons. The molecule has 29 heavy (non-hydrogen) atoms. The van der Waals surface area contributed by atoms with Gasteiger partial charge in [0.25, 0.3) is 5.91 Å². The van der Waals surface area contributed by atoms with E-state index in [1.807, 2.05) is 54.6 Å². The van der Waals surface area contributed by atoms with Crippen molar-refractivity contribution in [2.45, 2.75) is 27.2 Å². The Hall–Kier alpha value is -2.22. The second kappa shape index (κ2) is 8.26. The molecule has 152 valence electrons. The van der Waals surface area contributed by atoms with Gasteiger partial charge < -0.3 is 9.64 Å². The van der Waals surface area contributed by atoms with Crippen LogP contribution in [0.2, 0.25) is 5.02 Å². The molecule has 2 aromatic heterocycles. The summed E-state index contributed by atoms with van der Waals surface area (Å²) in [5, 5.41) is 6.17. The Morgan fingerprint density at radius 1 is 1.14 bits per heavy atom. The first-order valence-corrected chi connectivity index (χ1v) is 10.8. The maximum absolute atomic E-state index is 12.9. The van der Waals surface area contributed by atoms with Gasteiger partial charge in [0.05, 0.1) is 24.6 Å². The summed E-state index contributed by atoms with van der Waals surface area (Å²) in [5.74, 6) is 0.0254. The van der Waals surface area contributed by atoms with Gasteiger partial charge in [0.1, 0.15) is 4.88 Å². The second-order valence-electron chi connectivity index (χ2n) is 7.18. The standard InChI is InChI=1S/C21H23ClN4O2S/c1-13-18(12-16-4-6-17(22)7-5-16)15(3)26(24-13)21-23-14(2)19(29-21)20(27)25-8-10-28-11-9-25/h4-7H,8-12H2,1-3H3. The topological polar surface area (TPSA) is 60.2 Å². The Morgan fingerprint density at radius 3 is 2.52 bits per heavy atom. The SMILES string of the molecule is Cc1nc(-n2nc(C)c(Cc3ccc(Cl)cc3)c2C)sc1C(=O)N1CCOCC1. The molecule has 0 atom stereocenters. The van der Waals surface area contributed by atoms with E-state index in [1.165, 1.54) is 22.5 Å². The first-order chi connectivity index (χ1) is 13.9. The molecule has 0 saturated carbocycles. The van der Waals surface area contributed by atoms with Crippen LogP contribution in [0.5, 0.6) is 0 Å². The van der Waals surface area contributed by atoms with Crippen LogP contribution < -0.4 is 0 Å². The molecule has 1 saturated heterocycles. The number of rotatable bonds is 4. The van der Waals surface area contributed by atoms with E-state index in [2.05, 4.69) is 4.98 Å². The lowest BCUT2D eigenvalue weighted by atomic mass is 10.0. The van der Waals surface area contributed by atoms with Crippen molar-refractivity contribution >= 4 is 28.8 Å². The van der Waals surface area contributed by atoms with Crippen LogP contribution in [0.25, 0.3) is 5.13 Å². The average molecular weight is 431 g/mol. The van der Waals surface area contributed by atoms with E-state index in [0.717, 1.165) is 33.7 Å². The number of hydrogen-bond acceptors (Lipinski definition) is 5. The molecule has 1 aliphatic rings. The molecule has 0 N–H and O–H groups in total. The highest BCUT2D eigenvalue weighted by atomic mass is 35.5. The van der Waals surface area contributed by atoms with E-state index in [0.29, 0.717) is 31.2 Å². The molecule has 6 nitrogen and oxygen atoms in total. The molecule has 1 aliphatic heterocycles. The minimum atomic E-state index is 0.0254. The van der Waals surface area contributed by atoms with Crippen molar-refractivity contribution in [3.8, 4) is 5.13 Å². The van der Waals surface area contributed by atoms with Gasteiger partial charge in [-0.05, 0) is 38.5 Å². The third-order valence-electron chi connectivity index (χ3n) is 5.19. The number of nitrogens with zero attached hydrogens (tertiary/aromatic N) is 4. The van der Waals surface area contributed by atoms with Crippen molar-refractivity contribution in [3.63, 3.8) is 0 Å². The Morgan fingerprint density at radius 2 is 1.83 bits per heavy atom. The quantitative estimate of drug-likeness (QED) is 0.628. The first kappa shape index (κ1) is 20.1. The average Bonchev–Trinajstić information content (AvgIpc) is 3.24. The van der Waals surface area contributed by atoms with E-state index >= 15 is 0 Å². The van der Waals surface area contributed by atoms with E-state index in [-0.39, 0.29) is 5.91 Å². The largest absolute Gasteiger partial charge is 0.378 e. The van der Waals surface area contributed by atoms with Gasteiger partial charge in [0.2, 0.25) is 5.13 Å². The fraction of sp³-hybridized carbons (Fsp3) is 0.381. The maximum Gasteiger partial charge on any atom is 0.266 e. The summed E-state index contributed by atoms with van der Waals surface area (Å²) in [7, 11) is 0. The number of carbonyl (C=O) groups excluding carboxylic acids is 1. The summed E-state index contributed by atoms with van der Waals surface area (Å²) >= 11 is 7.40.